The van der Waals surface area contributed by atoms with Gasteiger partial charge in [-0.05, 0) is 40.1 Å². The molecule has 4 aromatic rings. The molecule has 1 N–H and O–H groups in total. The van der Waals surface area contributed by atoms with Crippen LogP contribution in [0.15, 0.2) is 91.0 Å². The van der Waals surface area contributed by atoms with E-state index in [1.807, 2.05) is 54.6 Å². The maximum atomic E-state index is 12.9. The lowest BCUT2D eigenvalue weighted by atomic mass is 10.0. The number of hydrogen-bond donors (Lipinski definition) is 1. The second-order valence-corrected chi connectivity index (χ2v) is 7.17. The van der Waals surface area contributed by atoms with Gasteiger partial charge >= 0.3 is 0 Å². The van der Waals surface area contributed by atoms with E-state index in [-0.39, 0.29) is 5.91 Å². The predicted octanol–water partition coefficient (Wildman–Crippen LogP) is 6.00. The number of carbonyl (C=O) groups excluding carboxylic acids is 1. The first-order valence-corrected chi connectivity index (χ1v) is 9.79. The van der Waals surface area contributed by atoms with Crippen LogP contribution in [-0.2, 0) is 13.2 Å². The van der Waals surface area contributed by atoms with Gasteiger partial charge in [0.05, 0.1) is 5.56 Å². The molecule has 1 amide bonds. The van der Waals surface area contributed by atoms with Crippen LogP contribution in [0.3, 0.4) is 0 Å². The quantitative estimate of drug-likeness (QED) is 0.430. The molecule has 0 atom stereocenters. The van der Waals surface area contributed by atoms with Crippen LogP contribution in [0.2, 0.25) is 5.02 Å². The van der Waals surface area contributed by atoms with Gasteiger partial charge in [-0.1, -0.05) is 84.4 Å². The highest BCUT2D eigenvalue weighted by Crippen LogP contribution is 2.24. The molecule has 3 nitrogen and oxygen atoms in total. The second-order valence-electron chi connectivity index (χ2n) is 6.74. The molecule has 0 unspecified atom stereocenters. The minimum atomic E-state index is -0.219. The molecular weight excluding hydrogens is 382 g/mol. The minimum Gasteiger partial charge on any atom is -0.488 e. The Morgan fingerprint density at radius 1 is 0.862 bits per heavy atom. The molecule has 0 aliphatic heterocycles. The first-order chi connectivity index (χ1) is 14.2. The highest BCUT2D eigenvalue weighted by molar-refractivity contribution is 6.31. The number of benzene rings is 4. The standard InChI is InChI=1S/C25H20ClNO2/c26-21-13-14-24(29-17-18-7-2-1-3-8-18)23(15-21)25(28)27-16-20-11-6-10-19-9-4-5-12-22(19)20/h1-15H,16-17H2,(H,27,28). The van der Waals surface area contributed by atoms with Crippen LogP contribution in [0.4, 0.5) is 0 Å². The molecule has 144 valence electrons. The van der Waals surface area contributed by atoms with Gasteiger partial charge in [-0.15, -0.1) is 0 Å². The Hall–Kier alpha value is -3.30. The van der Waals surface area contributed by atoms with Crippen LogP contribution in [0.5, 0.6) is 5.75 Å². The molecule has 0 saturated heterocycles. The molecule has 0 bridgehead atoms. The number of nitrogens with one attached hydrogen (secondary N) is 1. The predicted molar refractivity (Wildman–Crippen MR) is 117 cm³/mol. The van der Waals surface area contributed by atoms with E-state index in [2.05, 4.69) is 23.5 Å². The molecule has 0 aromatic heterocycles. The highest BCUT2D eigenvalue weighted by atomic mass is 35.5. The molecule has 29 heavy (non-hydrogen) atoms. The van der Waals surface area contributed by atoms with Gasteiger partial charge in [-0.3, -0.25) is 4.79 Å². The summed E-state index contributed by atoms with van der Waals surface area (Å²) in [4.78, 5) is 12.9. The summed E-state index contributed by atoms with van der Waals surface area (Å²) in [5.41, 5.74) is 2.52. The van der Waals surface area contributed by atoms with Crippen molar-refractivity contribution in [2.45, 2.75) is 13.2 Å². The Balaban J connectivity index is 1.51. The number of carbonyl (C=O) groups is 1. The zero-order valence-corrected chi connectivity index (χ0v) is 16.5. The van der Waals surface area contributed by atoms with Crippen molar-refractivity contribution >= 4 is 28.3 Å². The number of fused-ring (bicyclic) bond motifs is 1. The minimum absolute atomic E-state index is 0.219. The van der Waals surface area contributed by atoms with E-state index in [0.717, 1.165) is 21.9 Å². The molecule has 4 heteroatoms. The van der Waals surface area contributed by atoms with Crippen molar-refractivity contribution in [3.8, 4) is 5.75 Å². The number of hydrogen-bond acceptors (Lipinski definition) is 2. The van der Waals surface area contributed by atoms with E-state index >= 15 is 0 Å². The Morgan fingerprint density at radius 2 is 1.62 bits per heavy atom. The second kappa shape index (κ2) is 8.80. The van der Waals surface area contributed by atoms with E-state index in [1.54, 1.807) is 18.2 Å². The Bertz CT molecular complexity index is 1140. The topological polar surface area (TPSA) is 38.3 Å². The average molecular weight is 402 g/mol. The van der Waals surface area contributed by atoms with Crippen LogP contribution < -0.4 is 10.1 Å². The van der Waals surface area contributed by atoms with Gasteiger partial charge in [-0.2, -0.15) is 0 Å². The summed E-state index contributed by atoms with van der Waals surface area (Å²) in [5, 5.41) is 5.76. The maximum absolute atomic E-state index is 12.9. The normalized spacial score (nSPS) is 10.7. The third kappa shape index (κ3) is 4.58. The van der Waals surface area contributed by atoms with Crippen molar-refractivity contribution in [1.82, 2.24) is 5.32 Å². The van der Waals surface area contributed by atoms with Crippen molar-refractivity contribution < 1.29 is 9.53 Å². The van der Waals surface area contributed by atoms with E-state index in [1.165, 1.54) is 0 Å². The monoisotopic (exact) mass is 401 g/mol. The van der Waals surface area contributed by atoms with E-state index < -0.39 is 0 Å². The molecule has 0 heterocycles. The van der Waals surface area contributed by atoms with E-state index in [9.17, 15) is 4.79 Å². The molecular formula is C25H20ClNO2. The first kappa shape index (κ1) is 19.0. The third-order valence-electron chi connectivity index (χ3n) is 4.74. The van der Waals surface area contributed by atoms with Crippen LogP contribution >= 0.6 is 11.6 Å². The molecule has 0 fully saturated rings. The van der Waals surface area contributed by atoms with Crippen LogP contribution in [0, 0.1) is 0 Å². The molecule has 0 aliphatic rings. The number of amides is 1. The fourth-order valence-electron chi connectivity index (χ4n) is 3.26. The van der Waals surface area contributed by atoms with Gasteiger partial charge < -0.3 is 10.1 Å². The summed E-state index contributed by atoms with van der Waals surface area (Å²) in [6.07, 6.45) is 0. The summed E-state index contributed by atoms with van der Waals surface area (Å²) >= 11 is 6.14. The van der Waals surface area contributed by atoms with E-state index in [4.69, 9.17) is 16.3 Å². The van der Waals surface area contributed by atoms with Crippen molar-refractivity contribution in [3.63, 3.8) is 0 Å². The zero-order valence-electron chi connectivity index (χ0n) is 15.8. The lowest BCUT2D eigenvalue weighted by molar-refractivity contribution is 0.0946. The number of rotatable bonds is 6. The molecule has 0 aliphatic carbocycles. The van der Waals surface area contributed by atoms with E-state index in [0.29, 0.717) is 29.5 Å². The van der Waals surface area contributed by atoms with Crippen molar-refractivity contribution in [2.24, 2.45) is 0 Å². The highest BCUT2D eigenvalue weighted by Gasteiger charge is 2.14. The number of ether oxygens (including phenoxy) is 1. The van der Waals surface area contributed by atoms with Gasteiger partial charge in [0.25, 0.3) is 5.91 Å². The molecule has 4 rings (SSSR count). The van der Waals surface area contributed by atoms with Crippen LogP contribution in [0.1, 0.15) is 21.5 Å². The lowest BCUT2D eigenvalue weighted by Crippen LogP contribution is -2.23. The molecule has 0 saturated carbocycles. The summed E-state index contributed by atoms with van der Waals surface area (Å²) in [6.45, 7) is 0.802. The van der Waals surface area contributed by atoms with Crippen LogP contribution in [-0.4, -0.2) is 5.91 Å². The van der Waals surface area contributed by atoms with Crippen LogP contribution in [0.25, 0.3) is 10.8 Å². The zero-order chi connectivity index (χ0) is 20.1. The van der Waals surface area contributed by atoms with Gasteiger partial charge in [0, 0.05) is 11.6 Å². The SMILES string of the molecule is O=C(NCc1cccc2ccccc12)c1cc(Cl)ccc1OCc1ccccc1. The van der Waals surface area contributed by atoms with Gasteiger partial charge in [0.1, 0.15) is 12.4 Å². The summed E-state index contributed by atoms with van der Waals surface area (Å²) in [7, 11) is 0. The molecule has 0 radical (unpaired) electrons. The summed E-state index contributed by atoms with van der Waals surface area (Å²) in [5.74, 6) is 0.289. The van der Waals surface area contributed by atoms with Crippen molar-refractivity contribution in [1.29, 1.82) is 0 Å². The van der Waals surface area contributed by atoms with Crippen molar-refractivity contribution in [3.05, 3.63) is 113 Å². The Kier molecular flexibility index (Phi) is 5.78. The van der Waals surface area contributed by atoms with Gasteiger partial charge in [0.15, 0.2) is 0 Å². The average Bonchev–Trinajstić information content (AvgIpc) is 2.77. The number of halogens is 1. The van der Waals surface area contributed by atoms with Gasteiger partial charge in [0.2, 0.25) is 0 Å². The summed E-state index contributed by atoms with van der Waals surface area (Å²) in [6, 6.07) is 29.1. The molecule has 0 spiro atoms. The fourth-order valence-corrected chi connectivity index (χ4v) is 3.43. The smallest absolute Gasteiger partial charge is 0.255 e. The van der Waals surface area contributed by atoms with Crippen molar-refractivity contribution in [2.75, 3.05) is 0 Å². The third-order valence-corrected chi connectivity index (χ3v) is 4.98. The van der Waals surface area contributed by atoms with Gasteiger partial charge in [-0.25, -0.2) is 0 Å². The lowest BCUT2D eigenvalue weighted by Gasteiger charge is -2.13. The largest absolute Gasteiger partial charge is 0.488 e. The summed E-state index contributed by atoms with van der Waals surface area (Å²) < 4.78 is 5.90. The Morgan fingerprint density at radius 3 is 2.48 bits per heavy atom. The fraction of sp³-hybridized carbons (Fsp3) is 0.0800. The maximum Gasteiger partial charge on any atom is 0.255 e. The molecule has 4 aromatic carbocycles. The first-order valence-electron chi connectivity index (χ1n) is 9.42. The Labute approximate surface area is 174 Å².